The molecule has 4 rings (SSSR count). The molecule has 1 aliphatic rings. The molecule has 8 heteroatoms. The van der Waals surface area contributed by atoms with E-state index in [9.17, 15) is 4.79 Å². The molecular formula is C20H17NO5S2. The lowest BCUT2D eigenvalue weighted by atomic mass is 10.1. The summed E-state index contributed by atoms with van der Waals surface area (Å²) < 4.78 is 17.8. The van der Waals surface area contributed by atoms with Crippen molar-refractivity contribution in [3.63, 3.8) is 0 Å². The van der Waals surface area contributed by atoms with E-state index in [1.807, 2.05) is 42.5 Å². The molecule has 0 spiro atoms. The molecule has 1 N–H and O–H groups in total. The zero-order chi connectivity index (χ0) is 19.5. The fourth-order valence-corrected chi connectivity index (χ4v) is 4.66. The van der Waals surface area contributed by atoms with E-state index in [4.69, 9.17) is 19.3 Å². The summed E-state index contributed by atoms with van der Waals surface area (Å²) in [5.41, 5.74) is 1.72. The average molecular weight is 415 g/mol. The Balaban J connectivity index is 1.77. The minimum absolute atomic E-state index is 0.0521. The molecule has 0 saturated heterocycles. The van der Waals surface area contributed by atoms with Gasteiger partial charge in [0.05, 0.1) is 23.1 Å². The van der Waals surface area contributed by atoms with Crippen molar-refractivity contribution in [1.29, 1.82) is 0 Å². The third kappa shape index (κ3) is 3.93. The van der Waals surface area contributed by atoms with Gasteiger partial charge in [-0.1, -0.05) is 12.1 Å². The standard InChI is InChI=1S/C20H17NO5S2/c1-24-14-8-12(9-15-19(14)26-7-6-25-15)10-17(27-11-18(22)23)20-21-13-4-2-3-5-16(13)28-20/h2-5,8-10H,6-7,11H2,1H3,(H,22,23)/b17-10-. The summed E-state index contributed by atoms with van der Waals surface area (Å²) in [5.74, 6) is 0.852. The molecule has 144 valence electrons. The molecule has 2 aromatic carbocycles. The van der Waals surface area contributed by atoms with E-state index in [0.29, 0.717) is 30.5 Å². The van der Waals surface area contributed by atoms with Crippen molar-refractivity contribution in [2.45, 2.75) is 0 Å². The molecule has 0 atom stereocenters. The number of para-hydroxylation sites is 1. The molecule has 0 aliphatic carbocycles. The van der Waals surface area contributed by atoms with E-state index in [1.54, 1.807) is 7.11 Å². The van der Waals surface area contributed by atoms with Crippen LogP contribution >= 0.6 is 23.1 Å². The van der Waals surface area contributed by atoms with Gasteiger partial charge in [-0.3, -0.25) is 4.79 Å². The quantitative estimate of drug-likeness (QED) is 0.640. The molecule has 0 bridgehead atoms. The maximum atomic E-state index is 11.1. The van der Waals surface area contributed by atoms with Gasteiger partial charge in [0.2, 0.25) is 5.75 Å². The number of methoxy groups -OCH3 is 1. The molecule has 0 amide bonds. The highest BCUT2D eigenvalue weighted by molar-refractivity contribution is 8.09. The number of thiazole rings is 1. The number of nitrogens with zero attached hydrogens (tertiary/aromatic N) is 1. The van der Waals surface area contributed by atoms with Crippen LogP contribution < -0.4 is 14.2 Å². The van der Waals surface area contributed by atoms with Crippen molar-refractivity contribution in [2.24, 2.45) is 0 Å². The predicted molar refractivity (Wildman–Crippen MR) is 112 cm³/mol. The van der Waals surface area contributed by atoms with Crippen LogP contribution in [0.25, 0.3) is 21.2 Å². The van der Waals surface area contributed by atoms with Crippen LogP contribution in [0.15, 0.2) is 36.4 Å². The Morgan fingerprint density at radius 3 is 2.93 bits per heavy atom. The van der Waals surface area contributed by atoms with Crippen LogP contribution in [0.1, 0.15) is 10.6 Å². The summed E-state index contributed by atoms with van der Waals surface area (Å²) in [6.45, 7) is 0.950. The summed E-state index contributed by atoms with van der Waals surface area (Å²) in [5, 5.41) is 9.91. The summed E-state index contributed by atoms with van der Waals surface area (Å²) >= 11 is 2.77. The maximum Gasteiger partial charge on any atom is 0.313 e. The van der Waals surface area contributed by atoms with Crippen molar-refractivity contribution in [2.75, 3.05) is 26.1 Å². The molecule has 3 aromatic rings. The molecule has 0 radical (unpaired) electrons. The van der Waals surface area contributed by atoms with Gasteiger partial charge >= 0.3 is 5.97 Å². The topological polar surface area (TPSA) is 77.9 Å². The van der Waals surface area contributed by atoms with Crippen LogP contribution in [0.3, 0.4) is 0 Å². The number of rotatable bonds is 6. The first-order valence-electron chi connectivity index (χ1n) is 8.54. The second-order valence-corrected chi connectivity index (χ2v) is 7.97. The number of ether oxygens (including phenoxy) is 3. The first-order valence-corrected chi connectivity index (χ1v) is 10.3. The first-order chi connectivity index (χ1) is 13.6. The van der Waals surface area contributed by atoms with Gasteiger partial charge in [-0.15, -0.1) is 23.1 Å². The number of carboxylic acids is 1. The monoisotopic (exact) mass is 415 g/mol. The van der Waals surface area contributed by atoms with Gasteiger partial charge in [-0.05, 0) is 35.9 Å². The Kier molecular flexibility index (Phi) is 5.40. The van der Waals surface area contributed by atoms with Crippen molar-refractivity contribution in [1.82, 2.24) is 4.98 Å². The maximum absolute atomic E-state index is 11.1. The Morgan fingerprint density at radius 1 is 1.32 bits per heavy atom. The van der Waals surface area contributed by atoms with Crippen molar-refractivity contribution < 1.29 is 24.1 Å². The molecule has 0 fully saturated rings. The molecule has 1 aliphatic heterocycles. The smallest absolute Gasteiger partial charge is 0.313 e. The number of benzene rings is 2. The molecule has 0 unspecified atom stereocenters. The Labute approximate surface area is 169 Å². The highest BCUT2D eigenvalue weighted by Crippen LogP contribution is 2.42. The number of thioether (sulfide) groups is 1. The van der Waals surface area contributed by atoms with Gasteiger partial charge in [-0.25, -0.2) is 4.98 Å². The van der Waals surface area contributed by atoms with Crippen LogP contribution in [-0.4, -0.2) is 42.1 Å². The normalized spacial score (nSPS) is 13.5. The lowest BCUT2D eigenvalue weighted by molar-refractivity contribution is -0.133. The van der Waals surface area contributed by atoms with E-state index in [0.717, 1.165) is 25.7 Å². The van der Waals surface area contributed by atoms with Gasteiger partial charge in [-0.2, -0.15) is 0 Å². The average Bonchev–Trinajstić information content (AvgIpc) is 3.14. The summed E-state index contributed by atoms with van der Waals surface area (Å²) in [7, 11) is 1.58. The molecular weight excluding hydrogens is 398 g/mol. The zero-order valence-electron chi connectivity index (χ0n) is 15.0. The highest BCUT2D eigenvalue weighted by atomic mass is 32.2. The SMILES string of the molecule is COc1cc(/C=C(\SCC(=O)O)c2nc3ccccc3s2)cc2c1OCCO2. The van der Waals surface area contributed by atoms with Gasteiger partial charge in [0, 0.05) is 4.91 Å². The van der Waals surface area contributed by atoms with Gasteiger partial charge in [0.25, 0.3) is 0 Å². The largest absolute Gasteiger partial charge is 0.493 e. The fourth-order valence-electron chi connectivity index (χ4n) is 2.81. The third-order valence-corrected chi connectivity index (χ3v) is 6.22. The van der Waals surface area contributed by atoms with Gasteiger partial charge in [0.1, 0.15) is 18.2 Å². The highest BCUT2D eigenvalue weighted by Gasteiger charge is 2.19. The number of aliphatic carboxylic acids is 1. The number of hydrogen-bond donors (Lipinski definition) is 1. The minimum Gasteiger partial charge on any atom is -0.493 e. The number of hydrogen-bond acceptors (Lipinski definition) is 7. The van der Waals surface area contributed by atoms with Crippen molar-refractivity contribution in [3.8, 4) is 17.2 Å². The van der Waals surface area contributed by atoms with Crippen molar-refractivity contribution >= 4 is 50.3 Å². The molecule has 2 heterocycles. The Hall–Kier alpha value is -2.71. The summed E-state index contributed by atoms with van der Waals surface area (Å²) in [6, 6.07) is 11.6. The van der Waals surface area contributed by atoms with E-state index in [2.05, 4.69) is 4.98 Å². The van der Waals surface area contributed by atoms with Crippen LogP contribution in [0.5, 0.6) is 17.2 Å². The van der Waals surface area contributed by atoms with E-state index < -0.39 is 5.97 Å². The van der Waals surface area contributed by atoms with Crippen LogP contribution in [0.2, 0.25) is 0 Å². The fraction of sp³-hybridized carbons (Fsp3) is 0.200. The van der Waals surface area contributed by atoms with Crippen molar-refractivity contribution in [3.05, 3.63) is 47.0 Å². The van der Waals surface area contributed by atoms with Gasteiger partial charge < -0.3 is 19.3 Å². The molecule has 28 heavy (non-hydrogen) atoms. The van der Waals surface area contributed by atoms with E-state index >= 15 is 0 Å². The third-order valence-electron chi connectivity index (χ3n) is 4.00. The Bertz CT molecular complexity index is 1010. The van der Waals surface area contributed by atoms with E-state index in [1.165, 1.54) is 23.1 Å². The predicted octanol–water partition coefficient (Wildman–Crippen LogP) is 4.39. The van der Waals surface area contributed by atoms with Gasteiger partial charge in [0.15, 0.2) is 11.5 Å². The van der Waals surface area contributed by atoms with Crippen LogP contribution in [-0.2, 0) is 4.79 Å². The number of aromatic nitrogens is 1. The molecule has 6 nitrogen and oxygen atoms in total. The van der Waals surface area contributed by atoms with E-state index in [-0.39, 0.29) is 5.75 Å². The first kappa shape index (κ1) is 18.6. The summed E-state index contributed by atoms with van der Waals surface area (Å²) in [6.07, 6.45) is 1.91. The summed E-state index contributed by atoms with van der Waals surface area (Å²) in [4.78, 5) is 16.6. The molecule has 1 aromatic heterocycles. The number of carbonyl (C=O) groups is 1. The lowest BCUT2D eigenvalue weighted by Crippen LogP contribution is -2.16. The number of carboxylic acid groups (broad SMARTS) is 1. The zero-order valence-corrected chi connectivity index (χ0v) is 16.6. The minimum atomic E-state index is -0.878. The van der Waals surface area contributed by atoms with Crippen LogP contribution in [0.4, 0.5) is 0 Å². The second kappa shape index (κ2) is 8.12. The second-order valence-electron chi connectivity index (χ2n) is 5.93. The molecule has 0 saturated carbocycles. The Morgan fingerprint density at radius 2 is 2.14 bits per heavy atom. The lowest BCUT2D eigenvalue weighted by Gasteiger charge is -2.21. The number of fused-ring (bicyclic) bond motifs is 2. The van der Waals surface area contributed by atoms with Crippen LogP contribution in [0, 0.1) is 0 Å².